The van der Waals surface area contributed by atoms with Crippen LogP contribution in [-0.4, -0.2) is 35.6 Å². The standard InChI is InChI=1S/C19H23N3O4/c1-12(2)10-16(18(24)25)21-17(23)11-20-19(26)22-15-9-5-7-13-6-3-4-8-14(13)15/h3-9,12,16H,10-11H2,1-2H3,(H,21,23)(H,24,25)(H2,20,22,26)/t16-/m0/s1. The molecule has 0 unspecified atom stereocenters. The lowest BCUT2D eigenvalue weighted by atomic mass is 10.0. The molecular weight excluding hydrogens is 334 g/mol. The normalized spacial score (nSPS) is 11.8. The van der Waals surface area contributed by atoms with Gasteiger partial charge in [-0.3, -0.25) is 4.79 Å². The summed E-state index contributed by atoms with van der Waals surface area (Å²) in [5.41, 5.74) is 0.629. The van der Waals surface area contributed by atoms with Crippen LogP contribution in [0.2, 0.25) is 0 Å². The number of hydrogen-bond acceptors (Lipinski definition) is 3. The lowest BCUT2D eigenvalue weighted by Gasteiger charge is -2.16. The van der Waals surface area contributed by atoms with E-state index in [0.29, 0.717) is 12.1 Å². The van der Waals surface area contributed by atoms with Gasteiger partial charge in [0.1, 0.15) is 6.04 Å². The van der Waals surface area contributed by atoms with Crippen LogP contribution in [0.4, 0.5) is 10.5 Å². The molecule has 0 aliphatic rings. The molecule has 0 aliphatic carbocycles. The first-order chi connectivity index (χ1) is 12.4. The summed E-state index contributed by atoms with van der Waals surface area (Å²) in [5, 5.41) is 18.6. The molecule has 4 N–H and O–H groups in total. The molecule has 7 heteroatoms. The molecule has 7 nitrogen and oxygen atoms in total. The van der Waals surface area contributed by atoms with Gasteiger partial charge in [-0.2, -0.15) is 0 Å². The van der Waals surface area contributed by atoms with Crippen LogP contribution in [-0.2, 0) is 9.59 Å². The van der Waals surface area contributed by atoms with E-state index in [1.54, 1.807) is 6.07 Å². The Hall–Kier alpha value is -3.09. The van der Waals surface area contributed by atoms with E-state index in [0.717, 1.165) is 10.8 Å². The molecule has 0 spiro atoms. The first kappa shape index (κ1) is 19.2. The van der Waals surface area contributed by atoms with E-state index in [-0.39, 0.29) is 12.5 Å². The molecule has 0 radical (unpaired) electrons. The van der Waals surface area contributed by atoms with Gasteiger partial charge in [0.25, 0.3) is 0 Å². The second-order valence-corrected chi connectivity index (χ2v) is 6.42. The van der Waals surface area contributed by atoms with Crippen molar-refractivity contribution >= 4 is 34.4 Å². The minimum absolute atomic E-state index is 0.124. The average Bonchev–Trinajstić information content (AvgIpc) is 2.59. The minimum atomic E-state index is -1.09. The fourth-order valence-electron chi connectivity index (χ4n) is 2.60. The van der Waals surface area contributed by atoms with Crippen LogP contribution >= 0.6 is 0 Å². The molecule has 3 amide bonds. The average molecular weight is 357 g/mol. The molecule has 2 aromatic carbocycles. The summed E-state index contributed by atoms with van der Waals surface area (Å²) >= 11 is 0. The second-order valence-electron chi connectivity index (χ2n) is 6.42. The van der Waals surface area contributed by atoms with Crippen molar-refractivity contribution in [1.82, 2.24) is 10.6 Å². The quantitative estimate of drug-likeness (QED) is 0.611. The third-order valence-electron chi connectivity index (χ3n) is 3.79. The van der Waals surface area contributed by atoms with Gasteiger partial charge < -0.3 is 21.1 Å². The van der Waals surface area contributed by atoms with Gasteiger partial charge in [0, 0.05) is 5.39 Å². The summed E-state index contributed by atoms with van der Waals surface area (Å²) in [5.74, 6) is -1.52. The number of hydrogen-bond donors (Lipinski definition) is 4. The van der Waals surface area contributed by atoms with Gasteiger partial charge in [0.15, 0.2) is 0 Å². The van der Waals surface area contributed by atoms with Crippen molar-refractivity contribution < 1.29 is 19.5 Å². The molecule has 0 bridgehead atoms. The molecule has 2 rings (SSSR count). The molecule has 0 fully saturated rings. The number of nitrogens with one attached hydrogen (secondary N) is 3. The number of carboxylic acids is 1. The van der Waals surface area contributed by atoms with Crippen LogP contribution in [0.5, 0.6) is 0 Å². The SMILES string of the molecule is CC(C)C[C@H](NC(=O)CNC(=O)Nc1cccc2ccccc12)C(=O)O. The number of fused-ring (bicyclic) bond motifs is 1. The van der Waals surface area contributed by atoms with E-state index in [1.807, 2.05) is 50.2 Å². The van der Waals surface area contributed by atoms with Crippen LogP contribution in [0.25, 0.3) is 10.8 Å². The number of anilines is 1. The van der Waals surface area contributed by atoms with Crippen molar-refractivity contribution in [2.24, 2.45) is 5.92 Å². The van der Waals surface area contributed by atoms with Gasteiger partial charge in [0.05, 0.1) is 12.2 Å². The zero-order chi connectivity index (χ0) is 19.1. The van der Waals surface area contributed by atoms with E-state index in [1.165, 1.54) is 0 Å². The van der Waals surface area contributed by atoms with Crippen LogP contribution < -0.4 is 16.0 Å². The zero-order valence-electron chi connectivity index (χ0n) is 14.8. The fraction of sp³-hybridized carbons (Fsp3) is 0.316. The van der Waals surface area contributed by atoms with E-state index >= 15 is 0 Å². The van der Waals surface area contributed by atoms with E-state index in [9.17, 15) is 14.4 Å². The number of carbonyl (C=O) groups is 3. The smallest absolute Gasteiger partial charge is 0.326 e. The van der Waals surface area contributed by atoms with Gasteiger partial charge in [-0.25, -0.2) is 9.59 Å². The molecule has 0 saturated heterocycles. The summed E-state index contributed by atoms with van der Waals surface area (Å²) in [6.07, 6.45) is 0.323. The first-order valence-electron chi connectivity index (χ1n) is 8.41. The summed E-state index contributed by atoms with van der Waals surface area (Å²) < 4.78 is 0. The molecule has 1 atom stereocenters. The van der Waals surface area contributed by atoms with E-state index in [2.05, 4.69) is 16.0 Å². The molecule has 2 aromatic rings. The maximum absolute atomic E-state index is 12.0. The van der Waals surface area contributed by atoms with Crippen LogP contribution in [0.3, 0.4) is 0 Å². The number of carboxylic acid groups (broad SMARTS) is 1. The van der Waals surface area contributed by atoms with Gasteiger partial charge in [-0.1, -0.05) is 50.2 Å². The van der Waals surface area contributed by atoms with E-state index < -0.39 is 23.9 Å². The highest BCUT2D eigenvalue weighted by atomic mass is 16.4. The zero-order valence-corrected chi connectivity index (χ0v) is 14.8. The summed E-state index contributed by atoms with van der Waals surface area (Å²) in [6.45, 7) is 3.44. The summed E-state index contributed by atoms with van der Waals surface area (Å²) in [6, 6.07) is 11.6. The maximum atomic E-state index is 12.0. The van der Waals surface area contributed by atoms with Crippen molar-refractivity contribution in [3.05, 3.63) is 42.5 Å². The molecule has 0 saturated carbocycles. The van der Waals surface area contributed by atoms with Crippen molar-refractivity contribution in [3.8, 4) is 0 Å². The van der Waals surface area contributed by atoms with Crippen molar-refractivity contribution in [2.45, 2.75) is 26.3 Å². The Balaban J connectivity index is 1.89. The van der Waals surface area contributed by atoms with Crippen LogP contribution in [0.1, 0.15) is 20.3 Å². The molecule has 138 valence electrons. The fourth-order valence-corrected chi connectivity index (χ4v) is 2.60. The van der Waals surface area contributed by atoms with Gasteiger partial charge in [0.2, 0.25) is 5.91 Å². The number of urea groups is 1. The first-order valence-corrected chi connectivity index (χ1v) is 8.41. The van der Waals surface area contributed by atoms with Crippen molar-refractivity contribution in [1.29, 1.82) is 0 Å². The topological polar surface area (TPSA) is 108 Å². The van der Waals surface area contributed by atoms with Gasteiger partial charge >= 0.3 is 12.0 Å². The lowest BCUT2D eigenvalue weighted by molar-refractivity contribution is -0.142. The Morgan fingerprint density at radius 2 is 1.73 bits per heavy atom. The maximum Gasteiger partial charge on any atom is 0.326 e. The largest absolute Gasteiger partial charge is 0.480 e. The highest BCUT2D eigenvalue weighted by Gasteiger charge is 2.21. The van der Waals surface area contributed by atoms with Gasteiger partial charge in [-0.05, 0) is 23.8 Å². The molecule has 0 aromatic heterocycles. The predicted molar refractivity (Wildman–Crippen MR) is 100.0 cm³/mol. The monoisotopic (exact) mass is 357 g/mol. The number of rotatable bonds is 7. The third-order valence-corrected chi connectivity index (χ3v) is 3.79. The summed E-state index contributed by atoms with van der Waals surface area (Å²) in [4.78, 5) is 35.1. The predicted octanol–water partition coefficient (Wildman–Crippen LogP) is 2.58. The molecule has 0 aliphatic heterocycles. The van der Waals surface area contributed by atoms with Crippen LogP contribution in [0, 0.1) is 5.92 Å². The number of benzene rings is 2. The Bertz CT molecular complexity index is 799. The van der Waals surface area contributed by atoms with Crippen molar-refractivity contribution in [3.63, 3.8) is 0 Å². The Morgan fingerprint density at radius 1 is 1.04 bits per heavy atom. The van der Waals surface area contributed by atoms with Crippen LogP contribution in [0.15, 0.2) is 42.5 Å². The second kappa shape index (κ2) is 8.84. The molecular formula is C19H23N3O4. The van der Waals surface area contributed by atoms with Crippen molar-refractivity contribution in [2.75, 3.05) is 11.9 Å². The number of aliphatic carboxylic acids is 1. The highest BCUT2D eigenvalue weighted by Crippen LogP contribution is 2.22. The highest BCUT2D eigenvalue weighted by molar-refractivity contribution is 6.02. The number of amides is 3. The Labute approximate surface area is 151 Å². The Kier molecular flexibility index (Phi) is 6.54. The minimum Gasteiger partial charge on any atom is -0.480 e. The molecule has 26 heavy (non-hydrogen) atoms. The van der Waals surface area contributed by atoms with Gasteiger partial charge in [-0.15, -0.1) is 0 Å². The molecule has 0 heterocycles. The van der Waals surface area contributed by atoms with E-state index in [4.69, 9.17) is 5.11 Å². The summed E-state index contributed by atoms with van der Waals surface area (Å²) in [7, 11) is 0. The Morgan fingerprint density at radius 3 is 2.42 bits per heavy atom. The third kappa shape index (κ3) is 5.47. The lowest BCUT2D eigenvalue weighted by Crippen LogP contribution is -2.46. The number of carbonyl (C=O) groups excluding carboxylic acids is 2.